The van der Waals surface area contributed by atoms with Crippen LogP contribution in [0.15, 0.2) is 25.3 Å². The van der Waals surface area contributed by atoms with Gasteiger partial charge in [-0.15, -0.1) is 0 Å². The Morgan fingerprint density at radius 1 is 1.39 bits per heavy atom. The van der Waals surface area contributed by atoms with Gasteiger partial charge in [0, 0.05) is 5.56 Å². The highest BCUT2D eigenvalue weighted by Crippen LogP contribution is 2.27. The standard InChI is InChI=1S/C15H18O3/c1-4-7-8-18-15(17)13-10-11(5-2)9-12(6-3)14(13)16/h5-6,9-10,16H,2-4,7-8H2,1H3. The van der Waals surface area contributed by atoms with Crippen LogP contribution in [0.5, 0.6) is 5.75 Å². The van der Waals surface area contributed by atoms with Crippen molar-refractivity contribution in [3.8, 4) is 5.75 Å². The molecule has 96 valence electrons. The molecule has 0 saturated carbocycles. The molecule has 0 saturated heterocycles. The molecule has 18 heavy (non-hydrogen) atoms. The minimum atomic E-state index is -0.521. The number of unbranched alkanes of at least 4 members (excludes halogenated alkanes) is 1. The van der Waals surface area contributed by atoms with Crippen LogP contribution in [0.4, 0.5) is 0 Å². The average molecular weight is 246 g/mol. The zero-order valence-electron chi connectivity index (χ0n) is 10.6. The topological polar surface area (TPSA) is 46.5 Å². The molecule has 0 fully saturated rings. The van der Waals surface area contributed by atoms with E-state index in [1.54, 1.807) is 18.2 Å². The number of rotatable bonds is 6. The molecule has 1 rings (SSSR count). The molecule has 1 aromatic carbocycles. The summed E-state index contributed by atoms with van der Waals surface area (Å²) < 4.78 is 5.08. The van der Waals surface area contributed by atoms with Gasteiger partial charge in [0.25, 0.3) is 0 Å². The number of phenolic OH excluding ortho intramolecular Hbond substituents is 1. The minimum Gasteiger partial charge on any atom is -0.506 e. The summed E-state index contributed by atoms with van der Waals surface area (Å²) in [5.74, 6) is -0.621. The largest absolute Gasteiger partial charge is 0.506 e. The zero-order chi connectivity index (χ0) is 13.5. The fraction of sp³-hybridized carbons (Fsp3) is 0.267. The Morgan fingerprint density at radius 3 is 2.67 bits per heavy atom. The number of esters is 1. The summed E-state index contributed by atoms with van der Waals surface area (Å²) in [5.41, 5.74) is 1.39. The Labute approximate surface area is 107 Å². The summed E-state index contributed by atoms with van der Waals surface area (Å²) in [6, 6.07) is 3.27. The number of benzene rings is 1. The van der Waals surface area contributed by atoms with Gasteiger partial charge in [0.05, 0.1) is 6.61 Å². The molecule has 0 atom stereocenters. The van der Waals surface area contributed by atoms with E-state index in [9.17, 15) is 9.90 Å². The van der Waals surface area contributed by atoms with Gasteiger partial charge in [-0.2, -0.15) is 0 Å². The molecule has 0 amide bonds. The molecule has 0 aliphatic carbocycles. The van der Waals surface area contributed by atoms with Gasteiger partial charge in [-0.05, 0) is 24.1 Å². The summed E-state index contributed by atoms with van der Waals surface area (Å²) in [6.45, 7) is 9.61. The number of carbonyl (C=O) groups excluding carboxylic acids is 1. The normalized spacial score (nSPS) is 9.83. The van der Waals surface area contributed by atoms with Crippen LogP contribution in [0.2, 0.25) is 0 Å². The first-order valence-corrected chi connectivity index (χ1v) is 5.93. The van der Waals surface area contributed by atoms with Crippen molar-refractivity contribution in [2.75, 3.05) is 6.61 Å². The van der Waals surface area contributed by atoms with Crippen molar-refractivity contribution in [2.24, 2.45) is 0 Å². The van der Waals surface area contributed by atoms with E-state index in [0.717, 1.165) is 18.4 Å². The van der Waals surface area contributed by atoms with E-state index in [-0.39, 0.29) is 11.3 Å². The smallest absolute Gasteiger partial charge is 0.341 e. The molecule has 0 spiro atoms. The van der Waals surface area contributed by atoms with Crippen LogP contribution in [0.3, 0.4) is 0 Å². The maximum Gasteiger partial charge on any atom is 0.341 e. The summed E-state index contributed by atoms with van der Waals surface area (Å²) >= 11 is 0. The summed E-state index contributed by atoms with van der Waals surface area (Å²) in [7, 11) is 0. The predicted molar refractivity (Wildman–Crippen MR) is 73.5 cm³/mol. The van der Waals surface area contributed by atoms with Crippen LogP contribution in [-0.4, -0.2) is 17.7 Å². The van der Waals surface area contributed by atoms with Crippen LogP contribution in [0, 0.1) is 0 Å². The lowest BCUT2D eigenvalue weighted by Gasteiger charge is -2.09. The summed E-state index contributed by atoms with van der Waals surface area (Å²) in [6.07, 6.45) is 4.85. The molecular weight excluding hydrogens is 228 g/mol. The van der Waals surface area contributed by atoms with E-state index >= 15 is 0 Å². The third-order valence-electron chi connectivity index (χ3n) is 2.57. The Bertz CT molecular complexity index is 461. The average Bonchev–Trinajstić information content (AvgIpc) is 2.39. The number of aromatic hydroxyl groups is 1. The van der Waals surface area contributed by atoms with E-state index in [0.29, 0.717) is 12.2 Å². The number of phenols is 1. The number of hydrogen-bond acceptors (Lipinski definition) is 3. The third kappa shape index (κ3) is 3.23. The Hall–Kier alpha value is -2.03. The molecule has 0 heterocycles. The molecule has 0 bridgehead atoms. The molecule has 3 heteroatoms. The van der Waals surface area contributed by atoms with Crippen molar-refractivity contribution in [3.05, 3.63) is 42.0 Å². The monoisotopic (exact) mass is 246 g/mol. The summed E-state index contributed by atoms with van der Waals surface area (Å²) in [5, 5.41) is 9.93. The molecule has 0 unspecified atom stereocenters. The van der Waals surface area contributed by atoms with Crippen LogP contribution in [0.25, 0.3) is 12.2 Å². The van der Waals surface area contributed by atoms with Crippen molar-refractivity contribution in [2.45, 2.75) is 19.8 Å². The first-order chi connectivity index (χ1) is 8.63. The molecule has 3 nitrogen and oxygen atoms in total. The van der Waals surface area contributed by atoms with Crippen LogP contribution < -0.4 is 0 Å². The van der Waals surface area contributed by atoms with Gasteiger partial charge in [0.1, 0.15) is 11.3 Å². The molecule has 1 aromatic rings. The van der Waals surface area contributed by atoms with Gasteiger partial charge in [0.15, 0.2) is 0 Å². The molecular formula is C15H18O3. The Balaban J connectivity index is 3.02. The fourth-order valence-corrected chi connectivity index (χ4v) is 1.50. The first kappa shape index (κ1) is 14.0. The van der Waals surface area contributed by atoms with Gasteiger partial charge < -0.3 is 9.84 Å². The first-order valence-electron chi connectivity index (χ1n) is 5.93. The van der Waals surface area contributed by atoms with E-state index in [2.05, 4.69) is 13.2 Å². The second-order valence-electron chi connectivity index (χ2n) is 3.90. The van der Waals surface area contributed by atoms with Crippen molar-refractivity contribution in [1.29, 1.82) is 0 Å². The third-order valence-corrected chi connectivity index (χ3v) is 2.57. The van der Waals surface area contributed by atoms with Gasteiger partial charge >= 0.3 is 5.97 Å². The highest BCUT2D eigenvalue weighted by molar-refractivity contribution is 5.94. The zero-order valence-corrected chi connectivity index (χ0v) is 10.6. The number of hydrogen-bond donors (Lipinski definition) is 1. The van der Waals surface area contributed by atoms with Gasteiger partial charge in [0.2, 0.25) is 0 Å². The highest BCUT2D eigenvalue weighted by Gasteiger charge is 2.15. The maximum absolute atomic E-state index is 11.8. The summed E-state index contributed by atoms with van der Waals surface area (Å²) in [4.78, 5) is 11.8. The second-order valence-corrected chi connectivity index (χ2v) is 3.90. The number of carbonyl (C=O) groups is 1. The minimum absolute atomic E-state index is 0.0999. The molecule has 0 aromatic heterocycles. The van der Waals surface area contributed by atoms with Crippen molar-refractivity contribution in [3.63, 3.8) is 0 Å². The van der Waals surface area contributed by atoms with E-state index in [1.807, 2.05) is 6.92 Å². The van der Waals surface area contributed by atoms with E-state index < -0.39 is 5.97 Å². The van der Waals surface area contributed by atoms with E-state index in [4.69, 9.17) is 4.74 Å². The van der Waals surface area contributed by atoms with Crippen molar-refractivity contribution in [1.82, 2.24) is 0 Å². The molecule has 0 aliphatic rings. The Kier molecular flexibility index (Phi) is 5.18. The molecule has 0 aliphatic heterocycles. The van der Waals surface area contributed by atoms with Crippen LogP contribution >= 0.6 is 0 Å². The predicted octanol–water partition coefficient (Wildman–Crippen LogP) is 3.64. The lowest BCUT2D eigenvalue weighted by atomic mass is 10.0. The van der Waals surface area contributed by atoms with Crippen LogP contribution in [-0.2, 0) is 4.74 Å². The molecule has 1 N–H and O–H groups in total. The van der Waals surface area contributed by atoms with Crippen LogP contribution in [0.1, 0.15) is 41.3 Å². The van der Waals surface area contributed by atoms with E-state index in [1.165, 1.54) is 6.08 Å². The Morgan fingerprint density at radius 2 is 2.11 bits per heavy atom. The maximum atomic E-state index is 11.8. The number of ether oxygens (including phenoxy) is 1. The van der Waals surface area contributed by atoms with Gasteiger partial charge in [-0.1, -0.05) is 38.7 Å². The SMILES string of the molecule is C=Cc1cc(C=C)c(O)c(C(=O)OCCCC)c1. The van der Waals surface area contributed by atoms with Gasteiger partial charge in [-0.3, -0.25) is 0 Å². The quantitative estimate of drug-likeness (QED) is 0.615. The highest BCUT2D eigenvalue weighted by atomic mass is 16.5. The van der Waals surface area contributed by atoms with Crippen molar-refractivity contribution >= 4 is 18.1 Å². The van der Waals surface area contributed by atoms with Gasteiger partial charge in [-0.25, -0.2) is 4.79 Å². The van der Waals surface area contributed by atoms with Crippen molar-refractivity contribution < 1.29 is 14.6 Å². The lowest BCUT2D eigenvalue weighted by Crippen LogP contribution is -2.07. The second kappa shape index (κ2) is 6.64. The fourth-order valence-electron chi connectivity index (χ4n) is 1.50. The lowest BCUT2D eigenvalue weighted by molar-refractivity contribution is 0.0496. The molecule has 0 radical (unpaired) electrons.